The maximum absolute atomic E-state index is 2.78. The Morgan fingerprint density at radius 2 is 0.565 bits per heavy atom. The number of unbranched alkanes of at least 4 members (excludes halogenated alkanes) is 2. The van der Waals surface area contributed by atoms with Crippen molar-refractivity contribution in [2.75, 3.05) is 0 Å². The predicted octanol–water partition coefficient (Wildman–Crippen LogP) is 14.2. The number of hydrogen-bond donors (Lipinski definition) is 0. The van der Waals surface area contributed by atoms with Crippen molar-refractivity contribution in [1.82, 2.24) is 0 Å². The van der Waals surface area contributed by atoms with E-state index in [1.54, 1.807) is 22.3 Å². The summed E-state index contributed by atoms with van der Waals surface area (Å²) in [4.78, 5) is 0. The van der Waals surface area contributed by atoms with Crippen molar-refractivity contribution in [2.45, 2.75) is 104 Å². The van der Waals surface area contributed by atoms with E-state index in [1.165, 1.54) is 83.2 Å². The van der Waals surface area contributed by atoms with Gasteiger partial charge in [0.15, 0.2) is 0 Å². The highest BCUT2D eigenvalue weighted by Crippen LogP contribution is 2.61. The molecule has 62 heavy (non-hydrogen) atoms. The van der Waals surface area contributed by atoms with E-state index in [2.05, 4.69) is 222 Å². The summed E-state index contributed by atoms with van der Waals surface area (Å²) in [6, 6.07) is 75.0. The molecular weight excluding hydrogens is 783 g/mol. The van der Waals surface area contributed by atoms with Crippen LogP contribution in [0.2, 0.25) is 0 Å². The molecule has 0 aliphatic rings. The second-order valence-corrected chi connectivity index (χ2v) is 24.5. The number of benzene rings is 7. The van der Waals surface area contributed by atoms with E-state index in [9.17, 15) is 0 Å². The molecule has 2 unspecified atom stereocenters. The van der Waals surface area contributed by atoms with E-state index in [0.717, 1.165) is 25.2 Å². The standard InChI is InChI=1S/C60H70P2/c1-5-9-29-49(7-3)43-51-45-54(48-62(58-37-23-14-24-38-58,59-39-25-15-26-40-59)60-41-27-16-28-42-60)52(44-50(8-4)30-10-6-2)46-53(51)47-61(55-31-17-11-18-32-55,56-33-19-12-20-34-56)57-35-21-13-22-36-57/h11-28,31-42,45-46,49-50H,5-10,29-30,43-44,47-48H2,1-4H3/q+2. The van der Waals surface area contributed by atoms with Crippen molar-refractivity contribution in [3.8, 4) is 0 Å². The molecule has 0 nitrogen and oxygen atoms in total. The Bertz CT molecular complexity index is 1980. The van der Waals surface area contributed by atoms with Crippen LogP contribution in [-0.2, 0) is 25.2 Å². The summed E-state index contributed by atoms with van der Waals surface area (Å²) in [5, 5.41) is 8.77. The van der Waals surface area contributed by atoms with Gasteiger partial charge < -0.3 is 0 Å². The Morgan fingerprint density at radius 1 is 0.323 bits per heavy atom. The lowest BCUT2D eigenvalue weighted by atomic mass is 9.85. The third kappa shape index (κ3) is 10.4. The minimum absolute atomic E-state index is 0.648. The zero-order valence-corrected chi connectivity index (χ0v) is 39.8. The first-order valence-electron chi connectivity index (χ1n) is 23.8. The highest BCUT2D eigenvalue weighted by molar-refractivity contribution is 7.95. The fraction of sp³-hybridized carbons (Fsp3) is 0.300. The molecule has 0 aliphatic heterocycles. The van der Waals surface area contributed by atoms with Crippen LogP contribution in [0.25, 0.3) is 0 Å². The van der Waals surface area contributed by atoms with Gasteiger partial charge in [0.2, 0.25) is 0 Å². The lowest BCUT2D eigenvalue weighted by Crippen LogP contribution is -2.33. The van der Waals surface area contributed by atoms with Gasteiger partial charge in [0.25, 0.3) is 0 Å². The molecule has 0 bridgehead atoms. The van der Waals surface area contributed by atoms with Gasteiger partial charge in [-0.2, -0.15) is 0 Å². The molecule has 0 aromatic heterocycles. The van der Waals surface area contributed by atoms with Crippen LogP contribution in [0, 0.1) is 11.8 Å². The first-order chi connectivity index (χ1) is 30.5. The van der Waals surface area contributed by atoms with E-state index in [1.807, 2.05) is 0 Å². The van der Waals surface area contributed by atoms with Crippen LogP contribution < -0.4 is 31.8 Å². The monoisotopic (exact) mass is 852 g/mol. The third-order valence-electron chi connectivity index (χ3n) is 13.6. The average molecular weight is 853 g/mol. The largest absolute Gasteiger partial charge is 0.116 e. The molecule has 0 fully saturated rings. The van der Waals surface area contributed by atoms with Crippen LogP contribution in [0.5, 0.6) is 0 Å². The highest BCUT2D eigenvalue weighted by Gasteiger charge is 2.48. The van der Waals surface area contributed by atoms with Crippen molar-refractivity contribution >= 4 is 46.4 Å². The van der Waals surface area contributed by atoms with Crippen LogP contribution in [0.4, 0.5) is 0 Å². The summed E-state index contributed by atoms with van der Waals surface area (Å²) in [6.45, 7) is 9.57. The summed E-state index contributed by atoms with van der Waals surface area (Å²) in [5.74, 6) is 1.30. The molecule has 0 saturated carbocycles. The normalized spacial score (nSPS) is 12.8. The Labute approximate surface area is 377 Å². The molecule has 0 amide bonds. The second kappa shape index (κ2) is 22.7. The summed E-state index contributed by atoms with van der Waals surface area (Å²) in [6.07, 6.45) is 14.3. The highest BCUT2D eigenvalue weighted by atomic mass is 31.2. The van der Waals surface area contributed by atoms with Crippen LogP contribution >= 0.6 is 14.5 Å². The van der Waals surface area contributed by atoms with E-state index < -0.39 is 14.5 Å². The lowest BCUT2D eigenvalue weighted by molar-refractivity contribution is 0.445. The summed E-state index contributed by atoms with van der Waals surface area (Å²) in [7, 11) is -4.29. The quantitative estimate of drug-likeness (QED) is 0.0596. The first-order valence-corrected chi connectivity index (χ1v) is 27.7. The van der Waals surface area contributed by atoms with Gasteiger partial charge in [-0.1, -0.05) is 200 Å². The summed E-state index contributed by atoms with van der Waals surface area (Å²) >= 11 is 0. The SMILES string of the molecule is CCCCC(CC)Cc1cc(C[P+](c2ccccc2)(c2ccccc2)c2ccccc2)c(CC(CC)CCCC)cc1C[P+](c1ccccc1)(c1ccccc1)c1ccccc1. The van der Waals surface area contributed by atoms with E-state index in [4.69, 9.17) is 0 Å². The van der Waals surface area contributed by atoms with Gasteiger partial charge in [0.1, 0.15) is 46.4 Å². The Hall–Kier alpha value is -4.60. The topological polar surface area (TPSA) is 0 Å². The van der Waals surface area contributed by atoms with Crippen molar-refractivity contribution in [1.29, 1.82) is 0 Å². The van der Waals surface area contributed by atoms with Crippen molar-refractivity contribution in [2.24, 2.45) is 11.8 Å². The minimum Gasteiger partial charge on any atom is -0.0654 e. The van der Waals surface area contributed by atoms with E-state index in [-0.39, 0.29) is 0 Å². The molecule has 0 heterocycles. The van der Waals surface area contributed by atoms with Crippen LogP contribution in [0.1, 0.15) is 101 Å². The van der Waals surface area contributed by atoms with Gasteiger partial charge in [-0.3, -0.25) is 0 Å². The molecule has 7 aromatic carbocycles. The Balaban J connectivity index is 1.53. The molecule has 7 rings (SSSR count). The smallest absolute Gasteiger partial charge is 0.0654 e. The molecule has 0 N–H and O–H groups in total. The van der Waals surface area contributed by atoms with Gasteiger partial charge >= 0.3 is 0 Å². The molecular formula is C60H70P2+2. The van der Waals surface area contributed by atoms with Gasteiger partial charge in [-0.25, -0.2) is 0 Å². The van der Waals surface area contributed by atoms with Crippen LogP contribution in [-0.4, -0.2) is 0 Å². The van der Waals surface area contributed by atoms with E-state index >= 15 is 0 Å². The molecule has 2 atom stereocenters. The fourth-order valence-corrected chi connectivity index (χ4v) is 18.6. The Kier molecular flexibility index (Phi) is 16.6. The number of hydrogen-bond acceptors (Lipinski definition) is 0. The summed E-state index contributed by atoms with van der Waals surface area (Å²) < 4.78 is 0. The molecule has 0 spiro atoms. The molecule has 2 heteroatoms. The molecule has 318 valence electrons. The zero-order valence-electron chi connectivity index (χ0n) is 38.0. The Morgan fingerprint density at radius 3 is 0.774 bits per heavy atom. The van der Waals surface area contributed by atoms with Crippen molar-refractivity contribution in [3.05, 3.63) is 216 Å². The van der Waals surface area contributed by atoms with Crippen molar-refractivity contribution in [3.63, 3.8) is 0 Å². The first kappa shape index (κ1) is 45.4. The zero-order chi connectivity index (χ0) is 43.0. The third-order valence-corrected chi connectivity index (χ3v) is 22.3. The molecule has 0 aliphatic carbocycles. The van der Waals surface area contributed by atoms with Gasteiger partial charge in [-0.15, -0.1) is 0 Å². The molecule has 7 aromatic rings. The predicted molar refractivity (Wildman–Crippen MR) is 278 cm³/mol. The fourth-order valence-electron chi connectivity index (χ4n) is 10.0. The maximum atomic E-state index is 2.78. The summed E-state index contributed by atoms with van der Waals surface area (Å²) in [5.41, 5.74) is 6.29. The van der Waals surface area contributed by atoms with Gasteiger partial charge in [0, 0.05) is 0 Å². The average Bonchev–Trinajstić information content (AvgIpc) is 3.35. The minimum atomic E-state index is -2.15. The van der Waals surface area contributed by atoms with Crippen LogP contribution in [0.15, 0.2) is 194 Å². The van der Waals surface area contributed by atoms with Gasteiger partial charge in [0.05, 0.1) is 12.3 Å². The molecule has 0 radical (unpaired) electrons. The van der Waals surface area contributed by atoms with Crippen molar-refractivity contribution < 1.29 is 0 Å². The maximum Gasteiger partial charge on any atom is 0.116 e. The van der Waals surface area contributed by atoms with Gasteiger partial charge in [-0.05, 0) is 120 Å². The number of rotatable bonds is 22. The molecule has 0 saturated heterocycles. The second-order valence-electron chi connectivity index (χ2n) is 17.6. The van der Waals surface area contributed by atoms with E-state index in [0.29, 0.717) is 11.8 Å². The van der Waals surface area contributed by atoms with Crippen LogP contribution in [0.3, 0.4) is 0 Å². The lowest BCUT2D eigenvalue weighted by Gasteiger charge is -2.31.